The maximum atomic E-state index is 12.0. The SMILES string of the molecule is N#Cc1c(NC(=O)/C=C/c2cncs2)ncc2c1CCCCC2. The number of carbonyl (C=O) groups excluding carboxylic acids is 1. The zero-order chi connectivity index (χ0) is 16.1. The fourth-order valence-corrected chi connectivity index (χ4v) is 3.23. The molecule has 2 aromatic heterocycles. The third kappa shape index (κ3) is 3.63. The average molecular weight is 324 g/mol. The Bertz CT molecular complexity index is 775. The minimum absolute atomic E-state index is 0.295. The first-order valence-electron chi connectivity index (χ1n) is 7.56. The first kappa shape index (κ1) is 15.4. The quantitative estimate of drug-likeness (QED) is 0.694. The van der Waals surface area contributed by atoms with Crippen molar-refractivity contribution in [1.29, 1.82) is 5.26 Å². The van der Waals surface area contributed by atoms with Gasteiger partial charge in [-0.15, -0.1) is 11.3 Å². The van der Waals surface area contributed by atoms with Crippen LogP contribution in [0.2, 0.25) is 0 Å². The molecule has 0 unspecified atom stereocenters. The number of carbonyl (C=O) groups is 1. The molecule has 2 aromatic rings. The molecule has 0 saturated heterocycles. The predicted molar refractivity (Wildman–Crippen MR) is 90.0 cm³/mol. The largest absolute Gasteiger partial charge is 0.306 e. The van der Waals surface area contributed by atoms with Gasteiger partial charge in [0.15, 0.2) is 5.82 Å². The normalized spacial score (nSPS) is 14.0. The van der Waals surface area contributed by atoms with Crippen LogP contribution in [0.5, 0.6) is 0 Å². The van der Waals surface area contributed by atoms with Crippen LogP contribution in [0.15, 0.2) is 24.0 Å². The van der Waals surface area contributed by atoms with Crippen molar-refractivity contribution in [3.05, 3.63) is 45.5 Å². The second-order valence-electron chi connectivity index (χ2n) is 5.38. The van der Waals surface area contributed by atoms with Crippen LogP contribution in [0.1, 0.15) is 40.8 Å². The lowest BCUT2D eigenvalue weighted by molar-refractivity contribution is -0.111. The Labute approximate surface area is 138 Å². The van der Waals surface area contributed by atoms with Crippen molar-refractivity contribution in [1.82, 2.24) is 9.97 Å². The molecule has 1 amide bonds. The van der Waals surface area contributed by atoms with E-state index in [9.17, 15) is 10.1 Å². The molecule has 0 aromatic carbocycles. The topological polar surface area (TPSA) is 78.7 Å². The fraction of sp³-hybridized carbons (Fsp3) is 0.294. The van der Waals surface area contributed by atoms with Gasteiger partial charge in [-0.2, -0.15) is 5.26 Å². The van der Waals surface area contributed by atoms with Gasteiger partial charge in [0.05, 0.1) is 11.1 Å². The van der Waals surface area contributed by atoms with Crippen molar-refractivity contribution < 1.29 is 4.79 Å². The van der Waals surface area contributed by atoms with Crippen LogP contribution in [0.25, 0.3) is 6.08 Å². The molecule has 116 valence electrons. The van der Waals surface area contributed by atoms with Gasteiger partial charge in [0.25, 0.3) is 0 Å². The molecule has 0 fully saturated rings. The molecule has 0 saturated carbocycles. The number of thiazole rings is 1. The highest BCUT2D eigenvalue weighted by molar-refractivity contribution is 7.10. The molecule has 0 bridgehead atoms. The Hall–Kier alpha value is -2.52. The average Bonchev–Trinajstić information content (AvgIpc) is 2.97. The van der Waals surface area contributed by atoms with Gasteiger partial charge in [0.2, 0.25) is 5.91 Å². The second-order valence-corrected chi connectivity index (χ2v) is 6.30. The van der Waals surface area contributed by atoms with Gasteiger partial charge in [0.1, 0.15) is 6.07 Å². The molecule has 0 radical (unpaired) electrons. The van der Waals surface area contributed by atoms with Crippen molar-refractivity contribution in [3.63, 3.8) is 0 Å². The van der Waals surface area contributed by atoms with E-state index in [2.05, 4.69) is 21.4 Å². The van der Waals surface area contributed by atoms with Gasteiger partial charge in [-0.3, -0.25) is 9.78 Å². The van der Waals surface area contributed by atoms with Crippen molar-refractivity contribution in [2.45, 2.75) is 32.1 Å². The number of amides is 1. The molecular weight excluding hydrogens is 308 g/mol. The number of pyridine rings is 1. The number of nitrogens with zero attached hydrogens (tertiary/aromatic N) is 3. The Balaban J connectivity index is 1.81. The van der Waals surface area contributed by atoms with Crippen LogP contribution >= 0.6 is 11.3 Å². The lowest BCUT2D eigenvalue weighted by atomic mass is 10.00. The molecule has 0 atom stereocenters. The van der Waals surface area contributed by atoms with Crippen LogP contribution in [0.3, 0.4) is 0 Å². The number of fused-ring (bicyclic) bond motifs is 1. The van der Waals surface area contributed by atoms with E-state index >= 15 is 0 Å². The molecule has 0 aliphatic heterocycles. The number of nitrogens with one attached hydrogen (secondary N) is 1. The molecule has 3 rings (SSSR count). The Morgan fingerprint density at radius 3 is 2.96 bits per heavy atom. The molecular formula is C17H16N4OS. The van der Waals surface area contributed by atoms with E-state index < -0.39 is 0 Å². The number of aryl methyl sites for hydroxylation is 1. The van der Waals surface area contributed by atoms with E-state index in [1.165, 1.54) is 23.8 Å². The molecule has 5 nitrogen and oxygen atoms in total. The molecule has 0 spiro atoms. The molecule has 23 heavy (non-hydrogen) atoms. The van der Waals surface area contributed by atoms with E-state index in [0.717, 1.165) is 41.7 Å². The highest BCUT2D eigenvalue weighted by Crippen LogP contribution is 2.26. The zero-order valence-electron chi connectivity index (χ0n) is 12.6. The first-order chi connectivity index (χ1) is 11.3. The summed E-state index contributed by atoms with van der Waals surface area (Å²) in [7, 11) is 0. The lowest BCUT2D eigenvalue weighted by Gasteiger charge is -2.11. The fourth-order valence-electron chi connectivity index (χ4n) is 2.72. The summed E-state index contributed by atoms with van der Waals surface area (Å²) in [4.78, 5) is 21.2. The second kappa shape index (κ2) is 7.16. The molecule has 1 aliphatic carbocycles. The van der Waals surface area contributed by atoms with E-state index in [0.29, 0.717) is 11.4 Å². The van der Waals surface area contributed by atoms with Crippen LogP contribution in [-0.2, 0) is 17.6 Å². The van der Waals surface area contributed by atoms with Crippen molar-refractivity contribution >= 4 is 29.1 Å². The number of hydrogen-bond acceptors (Lipinski definition) is 5. The van der Waals surface area contributed by atoms with Gasteiger partial charge in [-0.05, 0) is 42.9 Å². The number of nitriles is 1. The van der Waals surface area contributed by atoms with Crippen molar-refractivity contribution in [3.8, 4) is 6.07 Å². The minimum Gasteiger partial charge on any atom is -0.306 e. The highest BCUT2D eigenvalue weighted by atomic mass is 32.1. The first-order valence-corrected chi connectivity index (χ1v) is 8.44. The summed E-state index contributed by atoms with van der Waals surface area (Å²) >= 11 is 1.45. The zero-order valence-corrected chi connectivity index (χ0v) is 13.4. The van der Waals surface area contributed by atoms with Gasteiger partial charge in [0, 0.05) is 23.3 Å². The summed E-state index contributed by atoms with van der Waals surface area (Å²) in [6, 6.07) is 2.22. The van der Waals surface area contributed by atoms with Gasteiger partial charge >= 0.3 is 0 Å². The van der Waals surface area contributed by atoms with Gasteiger partial charge in [-0.25, -0.2) is 4.98 Å². The van der Waals surface area contributed by atoms with E-state index in [1.807, 2.05) is 0 Å². The molecule has 1 aliphatic rings. The van der Waals surface area contributed by atoms with Crippen LogP contribution in [-0.4, -0.2) is 15.9 Å². The predicted octanol–water partition coefficient (Wildman–Crippen LogP) is 3.33. The summed E-state index contributed by atoms with van der Waals surface area (Å²) in [5.74, 6) is 0.0584. The van der Waals surface area contributed by atoms with E-state index in [1.54, 1.807) is 24.0 Å². The van der Waals surface area contributed by atoms with Crippen LogP contribution in [0.4, 0.5) is 5.82 Å². The third-order valence-corrected chi connectivity index (χ3v) is 4.59. The van der Waals surface area contributed by atoms with E-state index in [4.69, 9.17) is 0 Å². The molecule has 1 N–H and O–H groups in total. The number of hydrogen-bond donors (Lipinski definition) is 1. The highest BCUT2D eigenvalue weighted by Gasteiger charge is 2.17. The lowest BCUT2D eigenvalue weighted by Crippen LogP contribution is -2.12. The number of anilines is 1. The Morgan fingerprint density at radius 1 is 1.30 bits per heavy atom. The summed E-state index contributed by atoms with van der Waals surface area (Å²) in [5.41, 5.74) is 4.39. The van der Waals surface area contributed by atoms with Crippen LogP contribution in [0, 0.1) is 11.3 Å². The maximum Gasteiger partial charge on any atom is 0.249 e. The smallest absolute Gasteiger partial charge is 0.249 e. The Kier molecular flexibility index (Phi) is 4.79. The van der Waals surface area contributed by atoms with Crippen molar-refractivity contribution in [2.24, 2.45) is 0 Å². The van der Waals surface area contributed by atoms with Gasteiger partial charge < -0.3 is 5.32 Å². The van der Waals surface area contributed by atoms with E-state index in [-0.39, 0.29) is 5.91 Å². The molecule has 2 heterocycles. The summed E-state index contributed by atoms with van der Waals surface area (Å²) < 4.78 is 0. The summed E-state index contributed by atoms with van der Waals surface area (Å²) in [6.07, 6.45) is 11.8. The van der Waals surface area contributed by atoms with Crippen molar-refractivity contribution in [2.75, 3.05) is 5.32 Å². The monoisotopic (exact) mass is 324 g/mol. The van der Waals surface area contributed by atoms with Crippen LogP contribution < -0.4 is 5.32 Å². The minimum atomic E-state index is -0.295. The maximum absolute atomic E-state index is 12.0. The third-order valence-electron chi connectivity index (χ3n) is 3.85. The summed E-state index contributed by atoms with van der Waals surface area (Å²) in [6.45, 7) is 0. The Morgan fingerprint density at radius 2 is 2.17 bits per heavy atom. The number of rotatable bonds is 3. The van der Waals surface area contributed by atoms with Gasteiger partial charge in [-0.1, -0.05) is 6.42 Å². The standard InChI is InChI=1S/C17H16N4OS/c18-8-15-14-5-3-1-2-4-12(14)9-20-17(15)21-16(22)7-6-13-10-19-11-23-13/h6-7,9-11H,1-5H2,(H,20,21,22)/b7-6+. The summed E-state index contributed by atoms with van der Waals surface area (Å²) in [5, 5.41) is 12.2. The number of aromatic nitrogens is 2. The molecule has 6 heteroatoms.